The second-order valence-corrected chi connectivity index (χ2v) is 5.50. The molecule has 0 bridgehead atoms. The molecule has 2 rings (SSSR count). The molecule has 1 aliphatic rings. The Morgan fingerprint density at radius 1 is 1.61 bits per heavy atom. The molecule has 0 spiro atoms. The van der Waals surface area contributed by atoms with Gasteiger partial charge in [0.15, 0.2) is 5.13 Å². The summed E-state index contributed by atoms with van der Waals surface area (Å²) >= 11 is 1.52. The summed E-state index contributed by atoms with van der Waals surface area (Å²) in [5.74, 6) is -0.0801. The van der Waals surface area contributed by atoms with E-state index in [2.05, 4.69) is 22.5 Å². The van der Waals surface area contributed by atoms with E-state index in [9.17, 15) is 4.79 Å². The quantitative estimate of drug-likeness (QED) is 0.867. The minimum Gasteiger partial charge on any atom is -0.368 e. The van der Waals surface area contributed by atoms with Gasteiger partial charge in [0, 0.05) is 18.2 Å². The lowest BCUT2D eigenvalue weighted by atomic mass is 9.91. The van der Waals surface area contributed by atoms with Gasteiger partial charge in [0.2, 0.25) is 0 Å². The third-order valence-electron chi connectivity index (χ3n) is 3.34. The number of anilines is 1. The molecular formula is C12H19N3O2S. The zero-order valence-corrected chi connectivity index (χ0v) is 11.6. The van der Waals surface area contributed by atoms with Crippen LogP contribution in [0.5, 0.6) is 0 Å². The van der Waals surface area contributed by atoms with Gasteiger partial charge in [-0.25, -0.2) is 4.98 Å². The van der Waals surface area contributed by atoms with Crippen LogP contribution in [-0.4, -0.2) is 36.7 Å². The van der Waals surface area contributed by atoms with Gasteiger partial charge in [-0.05, 0) is 32.4 Å². The molecule has 0 unspecified atom stereocenters. The topological polar surface area (TPSA) is 63.2 Å². The third kappa shape index (κ3) is 2.71. The number of hydrogen-bond acceptors (Lipinski definition) is 5. The van der Waals surface area contributed by atoms with E-state index in [-0.39, 0.29) is 5.91 Å². The van der Waals surface area contributed by atoms with Crippen molar-refractivity contribution in [2.75, 3.05) is 25.5 Å². The molecule has 2 heterocycles. The third-order valence-corrected chi connectivity index (χ3v) is 4.40. The average Bonchev–Trinajstić information content (AvgIpc) is 2.87. The van der Waals surface area contributed by atoms with E-state index >= 15 is 0 Å². The summed E-state index contributed by atoms with van der Waals surface area (Å²) in [6, 6.07) is 0. The van der Waals surface area contributed by atoms with Gasteiger partial charge >= 0.3 is 0 Å². The molecule has 1 aromatic heterocycles. The summed E-state index contributed by atoms with van der Waals surface area (Å²) in [5.41, 5.74) is -0.705. The first-order chi connectivity index (χ1) is 8.70. The van der Waals surface area contributed by atoms with Crippen LogP contribution in [0.15, 0.2) is 6.20 Å². The Kier molecular flexibility index (Phi) is 4.31. The second-order valence-electron chi connectivity index (χ2n) is 4.39. The number of nitrogens with one attached hydrogen (secondary N) is 2. The fraction of sp³-hybridized carbons (Fsp3) is 0.667. The van der Waals surface area contributed by atoms with Crippen molar-refractivity contribution in [3.8, 4) is 0 Å². The molecule has 1 saturated heterocycles. The summed E-state index contributed by atoms with van der Waals surface area (Å²) in [7, 11) is 1.60. The van der Waals surface area contributed by atoms with Gasteiger partial charge in [0.1, 0.15) is 5.60 Å². The standard InChI is InChI=1S/C12H19N3O2S/c1-3-9-8-14-11(18-9)15-10(16)12(17-2)4-6-13-7-5-12/h8,13H,3-7H2,1-2H3,(H,14,15,16). The molecule has 0 saturated carbocycles. The van der Waals surface area contributed by atoms with Crippen LogP contribution >= 0.6 is 11.3 Å². The Morgan fingerprint density at radius 3 is 2.89 bits per heavy atom. The Labute approximate surface area is 111 Å². The molecule has 18 heavy (non-hydrogen) atoms. The summed E-state index contributed by atoms with van der Waals surface area (Å²) in [5, 5.41) is 6.77. The molecule has 0 aromatic carbocycles. The molecule has 6 heteroatoms. The van der Waals surface area contributed by atoms with Crippen molar-refractivity contribution >= 4 is 22.4 Å². The molecule has 2 N–H and O–H groups in total. The summed E-state index contributed by atoms with van der Waals surface area (Å²) in [4.78, 5) is 17.7. The molecule has 0 aliphatic carbocycles. The van der Waals surface area contributed by atoms with Gasteiger partial charge in [-0.2, -0.15) is 0 Å². The first-order valence-electron chi connectivity index (χ1n) is 6.22. The van der Waals surface area contributed by atoms with E-state index in [1.165, 1.54) is 16.2 Å². The first-order valence-corrected chi connectivity index (χ1v) is 7.04. The zero-order chi connectivity index (χ0) is 13.0. The molecule has 100 valence electrons. The van der Waals surface area contributed by atoms with Crippen LogP contribution in [0.4, 0.5) is 5.13 Å². The van der Waals surface area contributed by atoms with Crippen molar-refractivity contribution in [3.63, 3.8) is 0 Å². The van der Waals surface area contributed by atoms with Crippen molar-refractivity contribution < 1.29 is 9.53 Å². The maximum absolute atomic E-state index is 12.3. The number of ether oxygens (including phenoxy) is 1. The number of amides is 1. The highest BCUT2D eigenvalue weighted by atomic mass is 32.1. The highest BCUT2D eigenvalue weighted by Gasteiger charge is 2.40. The lowest BCUT2D eigenvalue weighted by Gasteiger charge is -2.34. The molecule has 0 radical (unpaired) electrons. The van der Waals surface area contributed by atoms with E-state index in [4.69, 9.17) is 4.74 Å². The Hall–Kier alpha value is -0.980. The first kappa shape index (κ1) is 13.5. The normalized spacial score (nSPS) is 18.6. The Balaban J connectivity index is 2.05. The van der Waals surface area contributed by atoms with Crippen LogP contribution in [0.3, 0.4) is 0 Å². The highest BCUT2D eigenvalue weighted by Crippen LogP contribution is 2.26. The zero-order valence-electron chi connectivity index (χ0n) is 10.8. The number of thiazole rings is 1. The average molecular weight is 269 g/mol. The fourth-order valence-corrected chi connectivity index (χ4v) is 2.84. The lowest BCUT2D eigenvalue weighted by Crippen LogP contribution is -2.51. The number of nitrogens with zero attached hydrogens (tertiary/aromatic N) is 1. The number of aromatic nitrogens is 1. The van der Waals surface area contributed by atoms with Crippen molar-refractivity contribution in [2.45, 2.75) is 31.8 Å². The van der Waals surface area contributed by atoms with Crippen molar-refractivity contribution in [3.05, 3.63) is 11.1 Å². The molecule has 1 amide bonds. The van der Waals surface area contributed by atoms with Gasteiger partial charge in [-0.1, -0.05) is 6.92 Å². The number of methoxy groups -OCH3 is 1. The predicted molar refractivity (Wildman–Crippen MR) is 72.0 cm³/mol. The maximum atomic E-state index is 12.3. The molecule has 5 nitrogen and oxygen atoms in total. The molecule has 1 aromatic rings. The molecule has 1 fully saturated rings. The molecular weight excluding hydrogens is 250 g/mol. The minimum atomic E-state index is -0.705. The Morgan fingerprint density at radius 2 is 2.33 bits per heavy atom. The van der Waals surface area contributed by atoms with Crippen molar-refractivity contribution in [1.29, 1.82) is 0 Å². The van der Waals surface area contributed by atoms with Gasteiger partial charge in [-0.15, -0.1) is 11.3 Å². The van der Waals surface area contributed by atoms with Crippen LogP contribution in [0.1, 0.15) is 24.6 Å². The van der Waals surface area contributed by atoms with E-state index in [0.29, 0.717) is 18.0 Å². The predicted octanol–water partition coefficient (Wildman–Crippen LogP) is 1.41. The molecule has 1 aliphatic heterocycles. The lowest BCUT2D eigenvalue weighted by molar-refractivity contribution is -0.140. The smallest absolute Gasteiger partial charge is 0.258 e. The number of carbonyl (C=O) groups is 1. The number of piperidine rings is 1. The van der Waals surface area contributed by atoms with Gasteiger partial charge in [0.05, 0.1) is 0 Å². The summed E-state index contributed by atoms with van der Waals surface area (Å²) < 4.78 is 5.47. The largest absolute Gasteiger partial charge is 0.368 e. The van der Waals surface area contributed by atoms with E-state index < -0.39 is 5.60 Å². The van der Waals surface area contributed by atoms with E-state index in [0.717, 1.165) is 19.5 Å². The minimum absolute atomic E-state index is 0.0801. The monoisotopic (exact) mass is 269 g/mol. The number of aryl methyl sites for hydroxylation is 1. The summed E-state index contributed by atoms with van der Waals surface area (Å²) in [6.45, 7) is 3.68. The second kappa shape index (κ2) is 5.77. The van der Waals surface area contributed by atoms with E-state index in [1.54, 1.807) is 7.11 Å². The number of carbonyl (C=O) groups excluding carboxylic acids is 1. The number of hydrogen-bond donors (Lipinski definition) is 2. The summed E-state index contributed by atoms with van der Waals surface area (Å²) in [6.07, 6.45) is 4.14. The SMILES string of the molecule is CCc1cnc(NC(=O)C2(OC)CCNCC2)s1. The van der Waals surface area contributed by atoms with Crippen LogP contribution in [0.25, 0.3) is 0 Å². The number of rotatable bonds is 4. The molecule has 0 atom stereocenters. The van der Waals surface area contributed by atoms with Crippen LogP contribution in [0, 0.1) is 0 Å². The van der Waals surface area contributed by atoms with Crippen molar-refractivity contribution in [2.24, 2.45) is 0 Å². The van der Waals surface area contributed by atoms with E-state index in [1.807, 2.05) is 6.20 Å². The van der Waals surface area contributed by atoms with Crippen LogP contribution in [0.2, 0.25) is 0 Å². The van der Waals surface area contributed by atoms with Gasteiger partial charge < -0.3 is 10.1 Å². The van der Waals surface area contributed by atoms with Gasteiger partial charge in [0.25, 0.3) is 5.91 Å². The van der Waals surface area contributed by atoms with Gasteiger partial charge in [-0.3, -0.25) is 10.1 Å². The Bertz CT molecular complexity index is 413. The van der Waals surface area contributed by atoms with Crippen LogP contribution < -0.4 is 10.6 Å². The fourth-order valence-electron chi connectivity index (χ4n) is 2.09. The highest BCUT2D eigenvalue weighted by molar-refractivity contribution is 7.15. The van der Waals surface area contributed by atoms with Crippen LogP contribution in [-0.2, 0) is 16.0 Å². The maximum Gasteiger partial charge on any atom is 0.258 e. The van der Waals surface area contributed by atoms with Crippen molar-refractivity contribution in [1.82, 2.24) is 10.3 Å².